The lowest BCUT2D eigenvalue weighted by atomic mass is 10.0. The molecule has 0 saturated carbocycles. The number of carbonyl (C=O) groups is 1. The molecule has 1 amide bonds. The van der Waals surface area contributed by atoms with Crippen molar-refractivity contribution in [2.45, 2.75) is 58.5 Å². The molecule has 1 N–H and O–H groups in total. The summed E-state index contributed by atoms with van der Waals surface area (Å²) in [6.45, 7) is 6.49. The highest BCUT2D eigenvalue weighted by atomic mass is 16.2. The van der Waals surface area contributed by atoms with Crippen molar-refractivity contribution in [3.8, 4) is 0 Å². The lowest BCUT2D eigenvalue weighted by Gasteiger charge is -2.17. The van der Waals surface area contributed by atoms with E-state index in [1.165, 1.54) is 30.4 Å². The molecule has 2 rings (SSSR count). The van der Waals surface area contributed by atoms with Crippen LogP contribution < -0.4 is 5.32 Å². The summed E-state index contributed by atoms with van der Waals surface area (Å²) in [5.41, 5.74) is 2.83. The summed E-state index contributed by atoms with van der Waals surface area (Å²) in [4.78, 5) is 13.8. The van der Waals surface area contributed by atoms with Gasteiger partial charge in [-0.15, -0.1) is 0 Å². The summed E-state index contributed by atoms with van der Waals surface area (Å²) in [7, 11) is 1.86. The molecule has 4 nitrogen and oxygen atoms in total. The molecule has 118 valence electrons. The quantitative estimate of drug-likeness (QED) is 0.818. The smallest absolute Gasteiger partial charge is 0.242 e. The fraction of sp³-hybridized carbons (Fsp3) is 0.706. The van der Waals surface area contributed by atoms with E-state index in [-0.39, 0.29) is 5.91 Å². The lowest BCUT2D eigenvalue weighted by molar-refractivity contribution is -0.130. The second-order valence-electron chi connectivity index (χ2n) is 6.07. The van der Waals surface area contributed by atoms with Gasteiger partial charge >= 0.3 is 0 Å². The second kappa shape index (κ2) is 7.64. The molecule has 1 atom stereocenters. The SMILES string of the molecule is CCCNC1CCCCc2cn(CC(=O)N(C)CC)cc21. The Bertz CT molecular complexity index is 467. The number of rotatable bonds is 6. The van der Waals surface area contributed by atoms with Gasteiger partial charge in [0.05, 0.1) is 0 Å². The number of amides is 1. The van der Waals surface area contributed by atoms with Gasteiger partial charge in [-0.05, 0) is 50.3 Å². The van der Waals surface area contributed by atoms with E-state index in [0.717, 1.165) is 25.9 Å². The van der Waals surface area contributed by atoms with Crippen LogP contribution in [0.25, 0.3) is 0 Å². The zero-order valence-corrected chi connectivity index (χ0v) is 13.7. The zero-order chi connectivity index (χ0) is 15.2. The van der Waals surface area contributed by atoms with Gasteiger partial charge in [0.25, 0.3) is 0 Å². The normalized spacial score (nSPS) is 18.1. The number of aromatic nitrogens is 1. The van der Waals surface area contributed by atoms with Gasteiger partial charge in [-0.1, -0.05) is 13.3 Å². The molecule has 0 saturated heterocycles. The number of carbonyl (C=O) groups excluding carboxylic acids is 1. The van der Waals surface area contributed by atoms with E-state index in [4.69, 9.17) is 0 Å². The van der Waals surface area contributed by atoms with Crippen LogP contribution in [0, 0.1) is 0 Å². The molecule has 0 aromatic carbocycles. The first-order chi connectivity index (χ1) is 10.2. The maximum atomic E-state index is 12.1. The number of aryl methyl sites for hydroxylation is 1. The van der Waals surface area contributed by atoms with Crippen molar-refractivity contribution in [3.05, 3.63) is 23.5 Å². The summed E-state index contributed by atoms with van der Waals surface area (Å²) < 4.78 is 2.07. The second-order valence-corrected chi connectivity index (χ2v) is 6.07. The van der Waals surface area contributed by atoms with Crippen molar-refractivity contribution in [2.24, 2.45) is 0 Å². The van der Waals surface area contributed by atoms with Gasteiger partial charge in [0, 0.05) is 32.0 Å². The molecular weight excluding hydrogens is 262 g/mol. The Balaban J connectivity index is 2.11. The van der Waals surface area contributed by atoms with E-state index in [1.807, 2.05) is 14.0 Å². The van der Waals surface area contributed by atoms with Crippen LogP contribution in [-0.4, -0.2) is 35.5 Å². The molecule has 1 unspecified atom stereocenters. The molecule has 4 heteroatoms. The van der Waals surface area contributed by atoms with E-state index in [9.17, 15) is 4.79 Å². The van der Waals surface area contributed by atoms with Gasteiger partial charge in [-0.25, -0.2) is 0 Å². The maximum Gasteiger partial charge on any atom is 0.242 e. The van der Waals surface area contributed by atoms with E-state index in [0.29, 0.717) is 12.6 Å². The third kappa shape index (κ3) is 4.10. The van der Waals surface area contributed by atoms with Crippen LogP contribution in [0.15, 0.2) is 12.4 Å². The van der Waals surface area contributed by atoms with Crippen molar-refractivity contribution in [1.29, 1.82) is 0 Å². The predicted molar refractivity (Wildman–Crippen MR) is 86.3 cm³/mol. The highest BCUT2D eigenvalue weighted by molar-refractivity contribution is 5.75. The van der Waals surface area contributed by atoms with E-state index in [1.54, 1.807) is 4.90 Å². The van der Waals surface area contributed by atoms with Crippen LogP contribution in [0.2, 0.25) is 0 Å². The largest absolute Gasteiger partial charge is 0.344 e. The molecule has 0 radical (unpaired) electrons. The van der Waals surface area contributed by atoms with Crippen molar-refractivity contribution in [3.63, 3.8) is 0 Å². The van der Waals surface area contributed by atoms with Crippen LogP contribution >= 0.6 is 0 Å². The zero-order valence-electron chi connectivity index (χ0n) is 13.7. The summed E-state index contributed by atoms with van der Waals surface area (Å²) in [6.07, 6.45) is 10.4. The number of hydrogen-bond donors (Lipinski definition) is 1. The topological polar surface area (TPSA) is 37.3 Å². The van der Waals surface area contributed by atoms with Crippen molar-refractivity contribution in [1.82, 2.24) is 14.8 Å². The van der Waals surface area contributed by atoms with Gasteiger partial charge in [0.2, 0.25) is 5.91 Å². The Kier molecular flexibility index (Phi) is 5.85. The highest BCUT2D eigenvalue weighted by Gasteiger charge is 2.20. The average molecular weight is 291 g/mol. The molecule has 21 heavy (non-hydrogen) atoms. The van der Waals surface area contributed by atoms with Gasteiger partial charge in [0.15, 0.2) is 0 Å². The van der Waals surface area contributed by atoms with Gasteiger partial charge in [-0.2, -0.15) is 0 Å². The fourth-order valence-electron chi connectivity index (χ4n) is 2.99. The Morgan fingerprint density at radius 3 is 2.90 bits per heavy atom. The van der Waals surface area contributed by atoms with E-state index < -0.39 is 0 Å². The van der Waals surface area contributed by atoms with Crippen molar-refractivity contribution in [2.75, 3.05) is 20.1 Å². The third-order valence-electron chi connectivity index (χ3n) is 4.42. The minimum Gasteiger partial charge on any atom is -0.344 e. The minimum atomic E-state index is 0.181. The standard InChI is InChI=1S/C17H29N3O/c1-4-10-18-16-9-7-6-8-14-11-20(12-15(14)16)13-17(21)19(3)5-2/h11-12,16,18H,4-10,13H2,1-3H3. The first-order valence-corrected chi connectivity index (χ1v) is 8.31. The Morgan fingerprint density at radius 1 is 1.38 bits per heavy atom. The molecule has 1 aromatic heterocycles. The van der Waals surface area contributed by atoms with Crippen molar-refractivity contribution < 1.29 is 4.79 Å². The molecule has 1 aromatic rings. The minimum absolute atomic E-state index is 0.181. The van der Waals surface area contributed by atoms with E-state index in [2.05, 4.69) is 29.2 Å². The monoisotopic (exact) mass is 291 g/mol. The van der Waals surface area contributed by atoms with Gasteiger partial charge in [-0.3, -0.25) is 4.79 Å². The summed E-state index contributed by atoms with van der Waals surface area (Å²) >= 11 is 0. The lowest BCUT2D eigenvalue weighted by Crippen LogP contribution is -2.29. The van der Waals surface area contributed by atoms with Crippen LogP contribution in [0.5, 0.6) is 0 Å². The van der Waals surface area contributed by atoms with Crippen LogP contribution in [-0.2, 0) is 17.8 Å². The molecular formula is C17H29N3O. The summed E-state index contributed by atoms with van der Waals surface area (Å²) in [5.74, 6) is 0.181. The van der Waals surface area contributed by atoms with Gasteiger partial charge < -0.3 is 14.8 Å². The number of likely N-dealkylation sites (N-methyl/N-ethyl adjacent to an activating group) is 1. The molecule has 1 heterocycles. The highest BCUT2D eigenvalue weighted by Crippen LogP contribution is 2.29. The number of nitrogens with zero attached hydrogens (tertiary/aromatic N) is 2. The predicted octanol–water partition coefficient (Wildman–Crippen LogP) is 2.73. The van der Waals surface area contributed by atoms with E-state index >= 15 is 0 Å². The Morgan fingerprint density at radius 2 is 2.19 bits per heavy atom. The first-order valence-electron chi connectivity index (χ1n) is 8.31. The fourth-order valence-corrected chi connectivity index (χ4v) is 2.99. The van der Waals surface area contributed by atoms with Crippen LogP contribution in [0.1, 0.15) is 56.7 Å². The van der Waals surface area contributed by atoms with Gasteiger partial charge in [0.1, 0.15) is 6.54 Å². The Labute approximate surface area is 128 Å². The van der Waals surface area contributed by atoms with Crippen molar-refractivity contribution >= 4 is 5.91 Å². The number of nitrogens with one attached hydrogen (secondary N) is 1. The summed E-state index contributed by atoms with van der Waals surface area (Å²) in [6, 6.07) is 0.461. The molecule has 1 aliphatic rings. The molecule has 0 bridgehead atoms. The average Bonchev–Trinajstić information content (AvgIpc) is 2.79. The molecule has 1 aliphatic carbocycles. The summed E-state index contributed by atoms with van der Waals surface area (Å²) in [5, 5.41) is 3.66. The maximum absolute atomic E-state index is 12.1. The van der Waals surface area contributed by atoms with Crippen LogP contribution in [0.4, 0.5) is 0 Å². The van der Waals surface area contributed by atoms with Crippen LogP contribution in [0.3, 0.4) is 0 Å². The Hall–Kier alpha value is -1.29. The molecule has 0 spiro atoms. The third-order valence-corrected chi connectivity index (χ3v) is 4.42. The molecule has 0 fully saturated rings. The number of hydrogen-bond acceptors (Lipinski definition) is 2. The molecule has 0 aliphatic heterocycles. The first kappa shape index (κ1) is 16.1. The number of fused-ring (bicyclic) bond motifs is 1.